The molecular formula is C29H27ClF4N4O4S. The quantitative estimate of drug-likeness (QED) is 0.202. The fourth-order valence-electron chi connectivity index (χ4n) is 5.73. The van der Waals surface area contributed by atoms with Crippen molar-refractivity contribution in [3.8, 4) is 0 Å². The van der Waals surface area contributed by atoms with Crippen LogP contribution in [0.4, 0.5) is 27.2 Å². The number of benzene rings is 2. The highest BCUT2D eigenvalue weighted by Crippen LogP contribution is 2.40. The SMILES string of the molecule is CC(C)(C)[N+]1(C(=O)[O-])CC[C@H](N2C(=O)S/C(=C\c3ccc4c(cnn4Cc4ccc(Cl)cc4C(F)(F)F)c3)C2=O)[C@@H](F)C1. The average molecular weight is 639 g/mol. The highest BCUT2D eigenvalue weighted by Gasteiger charge is 2.54. The molecule has 43 heavy (non-hydrogen) atoms. The van der Waals surface area contributed by atoms with Gasteiger partial charge in [-0.3, -0.25) is 23.7 Å². The van der Waals surface area contributed by atoms with Gasteiger partial charge in [0, 0.05) is 16.8 Å². The van der Waals surface area contributed by atoms with Crippen molar-refractivity contribution in [1.29, 1.82) is 0 Å². The summed E-state index contributed by atoms with van der Waals surface area (Å²) in [4.78, 5) is 39.1. The molecule has 0 spiro atoms. The number of hydrogen-bond acceptors (Lipinski definition) is 6. The number of rotatable bonds is 4. The van der Waals surface area contributed by atoms with E-state index in [0.717, 1.165) is 11.0 Å². The first kappa shape index (κ1) is 31.0. The van der Waals surface area contributed by atoms with E-state index in [9.17, 15) is 32.7 Å². The van der Waals surface area contributed by atoms with E-state index in [0.29, 0.717) is 28.2 Å². The van der Waals surface area contributed by atoms with Crippen LogP contribution in [-0.2, 0) is 17.5 Å². The summed E-state index contributed by atoms with van der Waals surface area (Å²) in [7, 11) is 0. The summed E-state index contributed by atoms with van der Waals surface area (Å²) in [6.07, 6.45) is -4.84. The Hall–Kier alpha value is -3.42. The number of hydrogen-bond donors (Lipinski definition) is 0. The third-order valence-electron chi connectivity index (χ3n) is 8.16. The van der Waals surface area contributed by atoms with Gasteiger partial charge in [0.1, 0.15) is 6.54 Å². The molecule has 0 bridgehead atoms. The molecule has 5 rings (SSSR count). The summed E-state index contributed by atoms with van der Waals surface area (Å²) < 4.78 is 56.9. The molecule has 3 amide bonds. The number of fused-ring (bicyclic) bond motifs is 1. The predicted octanol–water partition coefficient (Wildman–Crippen LogP) is 5.86. The maximum Gasteiger partial charge on any atom is 0.416 e. The number of nitrogens with zero attached hydrogens (tertiary/aromatic N) is 4. The Morgan fingerprint density at radius 1 is 1.19 bits per heavy atom. The number of carbonyl (C=O) groups is 3. The number of alkyl halides is 4. The third-order valence-corrected chi connectivity index (χ3v) is 9.28. The molecule has 0 saturated carbocycles. The number of quaternary nitrogens is 1. The van der Waals surface area contributed by atoms with Crippen LogP contribution in [0.15, 0.2) is 47.5 Å². The number of amides is 3. The van der Waals surface area contributed by atoms with Crippen molar-refractivity contribution < 1.29 is 41.5 Å². The minimum Gasteiger partial charge on any atom is -0.498 e. The first-order valence-corrected chi connectivity index (χ1v) is 14.5. The molecule has 2 saturated heterocycles. The maximum atomic E-state index is 15.5. The van der Waals surface area contributed by atoms with Gasteiger partial charge in [-0.15, -0.1) is 0 Å². The largest absolute Gasteiger partial charge is 0.498 e. The molecule has 1 aromatic heterocycles. The van der Waals surface area contributed by atoms with Gasteiger partial charge < -0.3 is 9.90 Å². The van der Waals surface area contributed by atoms with E-state index in [1.165, 1.54) is 29.1 Å². The first-order chi connectivity index (χ1) is 20.0. The Kier molecular flexibility index (Phi) is 7.89. The van der Waals surface area contributed by atoms with Crippen molar-refractivity contribution in [2.45, 2.75) is 57.7 Å². The van der Waals surface area contributed by atoms with Crippen molar-refractivity contribution >= 4 is 57.6 Å². The lowest BCUT2D eigenvalue weighted by Gasteiger charge is -2.52. The summed E-state index contributed by atoms with van der Waals surface area (Å²) >= 11 is 6.45. The molecular weight excluding hydrogens is 612 g/mol. The normalized spacial score (nSPS) is 24.4. The van der Waals surface area contributed by atoms with Gasteiger partial charge in [-0.05, 0) is 74.0 Å². The molecule has 8 nitrogen and oxygen atoms in total. The van der Waals surface area contributed by atoms with Gasteiger partial charge >= 0.3 is 6.18 Å². The van der Waals surface area contributed by atoms with E-state index in [-0.39, 0.29) is 35.0 Å². The zero-order valence-corrected chi connectivity index (χ0v) is 24.9. The number of halogens is 5. The summed E-state index contributed by atoms with van der Waals surface area (Å²) in [6, 6.07) is 7.39. The van der Waals surface area contributed by atoms with Crippen LogP contribution >= 0.6 is 23.4 Å². The van der Waals surface area contributed by atoms with Crippen molar-refractivity contribution in [3.63, 3.8) is 0 Å². The van der Waals surface area contributed by atoms with Gasteiger partial charge in [-0.25, -0.2) is 4.39 Å². The fourth-order valence-corrected chi connectivity index (χ4v) is 6.79. The Bertz CT molecular complexity index is 1670. The minimum absolute atomic E-state index is 0.00116. The van der Waals surface area contributed by atoms with E-state index in [1.54, 1.807) is 39.0 Å². The molecule has 1 unspecified atom stereocenters. The van der Waals surface area contributed by atoms with Crippen LogP contribution in [0.2, 0.25) is 5.02 Å². The van der Waals surface area contributed by atoms with Crippen molar-refractivity contribution in [2.75, 3.05) is 13.1 Å². The fraction of sp³-hybridized carbons (Fsp3) is 0.379. The van der Waals surface area contributed by atoms with E-state index in [1.807, 2.05) is 0 Å². The zero-order chi connectivity index (χ0) is 31.5. The van der Waals surface area contributed by atoms with E-state index < -0.39 is 57.8 Å². The first-order valence-electron chi connectivity index (χ1n) is 13.3. The second-order valence-electron chi connectivity index (χ2n) is 11.7. The summed E-state index contributed by atoms with van der Waals surface area (Å²) in [5.74, 6) is -0.676. The summed E-state index contributed by atoms with van der Waals surface area (Å²) in [5.41, 5.74) is -0.640. The molecule has 2 aliphatic rings. The molecule has 2 aliphatic heterocycles. The van der Waals surface area contributed by atoms with Crippen LogP contribution in [0, 0.1) is 0 Å². The number of aromatic nitrogens is 2. The summed E-state index contributed by atoms with van der Waals surface area (Å²) in [5, 5.41) is 16.2. The number of thioether (sulfide) groups is 1. The van der Waals surface area contributed by atoms with Crippen LogP contribution in [0.25, 0.3) is 17.0 Å². The summed E-state index contributed by atoms with van der Waals surface area (Å²) in [6.45, 7) is 4.44. The van der Waals surface area contributed by atoms with E-state index in [4.69, 9.17) is 11.6 Å². The van der Waals surface area contributed by atoms with Crippen LogP contribution in [0.3, 0.4) is 0 Å². The van der Waals surface area contributed by atoms with Crippen LogP contribution in [0.1, 0.15) is 43.9 Å². The number of piperidine rings is 1. The van der Waals surface area contributed by atoms with Gasteiger partial charge in [-0.2, -0.15) is 18.3 Å². The molecule has 3 heterocycles. The Labute approximate surface area is 253 Å². The van der Waals surface area contributed by atoms with E-state index in [2.05, 4.69) is 5.10 Å². The molecule has 2 aromatic carbocycles. The lowest BCUT2D eigenvalue weighted by atomic mass is 9.92. The van der Waals surface area contributed by atoms with Gasteiger partial charge in [0.2, 0.25) is 0 Å². The number of likely N-dealkylation sites (tertiary alicyclic amines) is 1. The van der Waals surface area contributed by atoms with Gasteiger partial charge in [-0.1, -0.05) is 23.7 Å². The second-order valence-corrected chi connectivity index (χ2v) is 13.1. The second kappa shape index (κ2) is 10.9. The molecule has 0 aliphatic carbocycles. The number of imide groups is 1. The highest BCUT2D eigenvalue weighted by atomic mass is 35.5. The number of carbonyl (C=O) groups excluding carboxylic acids is 3. The molecule has 0 N–H and O–H groups in total. The predicted molar refractivity (Wildman–Crippen MR) is 152 cm³/mol. The Balaban J connectivity index is 1.36. The lowest BCUT2D eigenvalue weighted by Crippen LogP contribution is -2.73. The molecule has 14 heteroatoms. The van der Waals surface area contributed by atoms with Gasteiger partial charge in [0.15, 0.2) is 6.17 Å². The zero-order valence-electron chi connectivity index (χ0n) is 23.3. The van der Waals surface area contributed by atoms with Crippen molar-refractivity contribution in [2.24, 2.45) is 0 Å². The lowest BCUT2D eigenvalue weighted by molar-refractivity contribution is -0.926. The van der Waals surface area contributed by atoms with Crippen molar-refractivity contribution in [3.05, 3.63) is 69.2 Å². The van der Waals surface area contributed by atoms with Crippen LogP contribution < -0.4 is 5.11 Å². The topological polar surface area (TPSA) is 95.3 Å². The smallest absolute Gasteiger partial charge is 0.416 e. The minimum atomic E-state index is -4.60. The van der Waals surface area contributed by atoms with Crippen LogP contribution in [-0.4, -0.2) is 67.2 Å². The highest BCUT2D eigenvalue weighted by molar-refractivity contribution is 8.18. The molecule has 2 fully saturated rings. The average Bonchev–Trinajstić information content (AvgIpc) is 3.42. The Morgan fingerprint density at radius 3 is 2.53 bits per heavy atom. The standard InChI is InChI=1S/C29H27ClF4N4O4S/c1-28(2,3)38(27(41)42)9-8-23(21(31)15-38)37-25(39)24(43-26(37)40)11-16-4-7-22-18(10-16)13-35-36(22)14-17-5-6-19(30)12-20(17)29(32,33)34/h4-7,10-13,21,23H,8-9,14-15H2,1-3H3/b24-11-/t21-,23-,38?/m0/s1. The van der Waals surface area contributed by atoms with Crippen molar-refractivity contribution in [1.82, 2.24) is 14.7 Å². The molecule has 3 atom stereocenters. The third kappa shape index (κ3) is 5.65. The van der Waals surface area contributed by atoms with Crippen LogP contribution in [0.5, 0.6) is 0 Å². The number of carboxylic acid groups (broad SMARTS) is 1. The monoisotopic (exact) mass is 638 g/mol. The molecule has 0 radical (unpaired) electrons. The van der Waals surface area contributed by atoms with E-state index >= 15 is 4.39 Å². The van der Waals surface area contributed by atoms with Gasteiger partial charge in [0.05, 0.1) is 46.9 Å². The molecule has 3 aromatic rings. The molecule has 228 valence electrons. The van der Waals surface area contributed by atoms with Gasteiger partial charge in [0.25, 0.3) is 17.2 Å². The maximum absolute atomic E-state index is 15.5. The Morgan fingerprint density at radius 2 is 1.91 bits per heavy atom.